The van der Waals surface area contributed by atoms with E-state index in [0.29, 0.717) is 11.3 Å². The van der Waals surface area contributed by atoms with Crippen molar-refractivity contribution in [1.82, 2.24) is 4.90 Å². The molecular weight excluding hydrogens is 168 g/mol. The van der Waals surface area contributed by atoms with E-state index >= 15 is 0 Å². The third-order valence-electron chi connectivity index (χ3n) is 1.64. The van der Waals surface area contributed by atoms with Gasteiger partial charge in [-0.25, -0.2) is 0 Å². The van der Waals surface area contributed by atoms with Crippen molar-refractivity contribution in [3.05, 3.63) is 0 Å². The van der Waals surface area contributed by atoms with E-state index in [4.69, 9.17) is 5.73 Å². The Morgan fingerprint density at radius 1 is 1.33 bits per heavy atom. The first-order chi connectivity index (χ1) is 5.52. The molecule has 2 unspecified atom stereocenters. The van der Waals surface area contributed by atoms with Gasteiger partial charge < -0.3 is 10.6 Å². The predicted molar refractivity (Wildman–Crippen MR) is 58.7 cm³/mol. The lowest BCUT2D eigenvalue weighted by molar-refractivity contribution is 0.437. The molecule has 2 atom stereocenters. The van der Waals surface area contributed by atoms with Crippen LogP contribution in [0.2, 0.25) is 0 Å². The van der Waals surface area contributed by atoms with Crippen molar-refractivity contribution >= 4 is 11.8 Å². The van der Waals surface area contributed by atoms with Gasteiger partial charge in [-0.1, -0.05) is 6.92 Å². The van der Waals surface area contributed by atoms with Gasteiger partial charge in [0.15, 0.2) is 0 Å². The zero-order chi connectivity index (χ0) is 9.56. The molecule has 0 saturated carbocycles. The van der Waals surface area contributed by atoms with Crippen molar-refractivity contribution in [1.29, 1.82) is 0 Å². The van der Waals surface area contributed by atoms with Gasteiger partial charge in [-0.3, -0.25) is 0 Å². The zero-order valence-corrected chi connectivity index (χ0v) is 9.53. The van der Waals surface area contributed by atoms with E-state index in [-0.39, 0.29) is 0 Å². The Kier molecular flexibility index (Phi) is 6.90. The highest BCUT2D eigenvalue weighted by atomic mass is 32.2. The standard InChI is InChI=1S/C9H22N2S/c1-8(10)7-9(2)12-6-5-11(3)4/h8-9H,5-7,10H2,1-4H3. The van der Waals surface area contributed by atoms with E-state index in [2.05, 4.69) is 32.8 Å². The van der Waals surface area contributed by atoms with Crippen LogP contribution in [-0.4, -0.2) is 42.6 Å². The fourth-order valence-electron chi connectivity index (χ4n) is 1.03. The summed E-state index contributed by atoms with van der Waals surface area (Å²) in [5.74, 6) is 1.21. The fourth-order valence-corrected chi connectivity index (χ4v) is 2.34. The highest BCUT2D eigenvalue weighted by Gasteiger charge is 2.04. The molecule has 0 aliphatic rings. The second-order valence-electron chi connectivity index (χ2n) is 3.70. The van der Waals surface area contributed by atoms with E-state index in [0.717, 1.165) is 13.0 Å². The molecule has 0 bridgehead atoms. The number of thioether (sulfide) groups is 1. The summed E-state index contributed by atoms with van der Waals surface area (Å²) in [6.45, 7) is 5.49. The van der Waals surface area contributed by atoms with Crippen LogP contribution in [0.15, 0.2) is 0 Å². The van der Waals surface area contributed by atoms with E-state index in [1.165, 1.54) is 5.75 Å². The number of rotatable bonds is 6. The summed E-state index contributed by atoms with van der Waals surface area (Å²) < 4.78 is 0. The smallest absolute Gasteiger partial charge is 0.00663 e. The van der Waals surface area contributed by atoms with Crippen LogP contribution in [0.25, 0.3) is 0 Å². The molecule has 12 heavy (non-hydrogen) atoms. The third-order valence-corrected chi connectivity index (χ3v) is 2.82. The fraction of sp³-hybridized carbons (Fsp3) is 1.00. The van der Waals surface area contributed by atoms with E-state index in [1.54, 1.807) is 0 Å². The first-order valence-corrected chi connectivity index (χ1v) is 5.59. The minimum Gasteiger partial charge on any atom is -0.328 e. The Labute approximate surface area is 80.9 Å². The van der Waals surface area contributed by atoms with Crippen molar-refractivity contribution in [2.45, 2.75) is 31.6 Å². The largest absolute Gasteiger partial charge is 0.328 e. The van der Waals surface area contributed by atoms with Crippen molar-refractivity contribution in [2.24, 2.45) is 5.73 Å². The lowest BCUT2D eigenvalue weighted by Crippen LogP contribution is -2.21. The molecule has 0 saturated heterocycles. The van der Waals surface area contributed by atoms with Crippen LogP contribution in [-0.2, 0) is 0 Å². The molecule has 2 nitrogen and oxygen atoms in total. The summed E-state index contributed by atoms with van der Waals surface area (Å²) in [4.78, 5) is 2.21. The molecule has 3 heteroatoms. The number of nitrogens with two attached hydrogens (primary N) is 1. The summed E-state index contributed by atoms with van der Waals surface area (Å²) >= 11 is 2.01. The molecule has 0 aliphatic heterocycles. The van der Waals surface area contributed by atoms with Gasteiger partial charge in [0.2, 0.25) is 0 Å². The van der Waals surface area contributed by atoms with E-state index in [1.807, 2.05) is 11.8 Å². The second-order valence-corrected chi connectivity index (χ2v) is 5.24. The Morgan fingerprint density at radius 2 is 1.92 bits per heavy atom. The van der Waals surface area contributed by atoms with Gasteiger partial charge >= 0.3 is 0 Å². The molecule has 0 fully saturated rings. The Hall–Kier alpha value is 0.270. The maximum Gasteiger partial charge on any atom is 0.00663 e. The summed E-state index contributed by atoms with van der Waals surface area (Å²) in [5, 5.41) is 0.699. The maximum atomic E-state index is 5.70. The molecular formula is C9H22N2S. The van der Waals surface area contributed by atoms with Gasteiger partial charge in [0.05, 0.1) is 0 Å². The highest BCUT2D eigenvalue weighted by Crippen LogP contribution is 2.14. The monoisotopic (exact) mass is 190 g/mol. The summed E-state index contributed by atoms with van der Waals surface area (Å²) in [5.41, 5.74) is 5.70. The molecule has 0 aromatic rings. The topological polar surface area (TPSA) is 29.3 Å². The Bertz CT molecular complexity index is 105. The van der Waals surface area contributed by atoms with Crippen molar-refractivity contribution in [3.8, 4) is 0 Å². The normalized spacial score (nSPS) is 16.5. The summed E-state index contributed by atoms with van der Waals surface area (Å²) in [7, 11) is 4.22. The minimum atomic E-state index is 0.340. The van der Waals surface area contributed by atoms with E-state index < -0.39 is 0 Å². The van der Waals surface area contributed by atoms with Crippen molar-refractivity contribution in [3.63, 3.8) is 0 Å². The van der Waals surface area contributed by atoms with Crippen LogP contribution >= 0.6 is 11.8 Å². The molecule has 0 aromatic heterocycles. The summed E-state index contributed by atoms with van der Waals surface area (Å²) in [6.07, 6.45) is 1.12. The van der Waals surface area contributed by atoms with Crippen LogP contribution in [0.4, 0.5) is 0 Å². The van der Waals surface area contributed by atoms with Crippen LogP contribution in [0.3, 0.4) is 0 Å². The molecule has 0 aromatic carbocycles. The molecule has 74 valence electrons. The number of hydrogen-bond donors (Lipinski definition) is 1. The van der Waals surface area contributed by atoms with Gasteiger partial charge in [0.1, 0.15) is 0 Å². The molecule has 0 radical (unpaired) electrons. The highest BCUT2D eigenvalue weighted by molar-refractivity contribution is 7.99. The first-order valence-electron chi connectivity index (χ1n) is 4.54. The average molecular weight is 190 g/mol. The maximum absolute atomic E-state index is 5.70. The molecule has 0 spiro atoms. The lowest BCUT2D eigenvalue weighted by atomic mass is 10.2. The molecule has 0 heterocycles. The van der Waals surface area contributed by atoms with Crippen LogP contribution in [0.5, 0.6) is 0 Å². The summed E-state index contributed by atoms with van der Waals surface area (Å²) in [6, 6.07) is 0.340. The molecule has 2 N–H and O–H groups in total. The Balaban J connectivity index is 3.25. The van der Waals surface area contributed by atoms with Crippen LogP contribution in [0.1, 0.15) is 20.3 Å². The minimum absolute atomic E-state index is 0.340. The lowest BCUT2D eigenvalue weighted by Gasteiger charge is -2.15. The predicted octanol–water partition coefficient (Wildman–Crippen LogP) is 1.41. The first kappa shape index (κ1) is 12.3. The van der Waals surface area contributed by atoms with Gasteiger partial charge in [0.25, 0.3) is 0 Å². The van der Waals surface area contributed by atoms with Gasteiger partial charge in [-0.15, -0.1) is 0 Å². The average Bonchev–Trinajstić information content (AvgIpc) is 1.84. The molecule has 0 aliphatic carbocycles. The van der Waals surface area contributed by atoms with Crippen LogP contribution < -0.4 is 5.73 Å². The van der Waals surface area contributed by atoms with Crippen molar-refractivity contribution in [2.75, 3.05) is 26.4 Å². The van der Waals surface area contributed by atoms with Gasteiger partial charge in [0, 0.05) is 23.6 Å². The van der Waals surface area contributed by atoms with Crippen LogP contribution in [0, 0.1) is 0 Å². The van der Waals surface area contributed by atoms with E-state index in [9.17, 15) is 0 Å². The number of hydrogen-bond acceptors (Lipinski definition) is 3. The second kappa shape index (κ2) is 6.75. The number of nitrogens with zero attached hydrogens (tertiary/aromatic N) is 1. The van der Waals surface area contributed by atoms with Gasteiger partial charge in [-0.2, -0.15) is 11.8 Å². The zero-order valence-electron chi connectivity index (χ0n) is 8.71. The molecule has 0 amide bonds. The van der Waals surface area contributed by atoms with Crippen molar-refractivity contribution < 1.29 is 0 Å². The van der Waals surface area contributed by atoms with Gasteiger partial charge in [-0.05, 0) is 27.4 Å². The Morgan fingerprint density at radius 3 is 2.33 bits per heavy atom. The third kappa shape index (κ3) is 8.37. The molecule has 0 rings (SSSR count). The quantitative estimate of drug-likeness (QED) is 0.686. The SMILES string of the molecule is CC(N)CC(C)SCCN(C)C.